The number of hydrogen-bond acceptors (Lipinski definition) is 7. The molecule has 0 aliphatic carbocycles. The average molecular weight is 373 g/mol. The molecule has 4 atom stereocenters. The van der Waals surface area contributed by atoms with Crippen LogP contribution in [-0.4, -0.2) is 45.2 Å². The molecule has 2 aromatic carbocycles. The van der Waals surface area contributed by atoms with E-state index in [4.69, 9.17) is 9.47 Å². The molecule has 1 fully saturated rings. The molecule has 3 N–H and O–H groups in total. The Labute approximate surface area is 154 Å². The van der Waals surface area contributed by atoms with E-state index in [-0.39, 0.29) is 13.0 Å². The van der Waals surface area contributed by atoms with Crippen molar-refractivity contribution in [2.24, 2.45) is 0 Å². The van der Waals surface area contributed by atoms with Crippen LogP contribution in [0.15, 0.2) is 48.5 Å². The van der Waals surface area contributed by atoms with Gasteiger partial charge in [0.25, 0.3) is 5.19 Å². The Morgan fingerprint density at radius 2 is 2.00 bits per heavy atom. The Morgan fingerprint density at radius 1 is 1.15 bits per heavy atom. The number of nitrogens with zero attached hydrogens (tertiary/aromatic N) is 1. The maximum atomic E-state index is 10.3. The second-order valence-corrected chi connectivity index (χ2v) is 7.27. The van der Waals surface area contributed by atoms with Gasteiger partial charge in [-0.2, -0.15) is 0 Å². The number of fused-ring (bicyclic) bond motifs is 1. The topological polar surface area (TPSA) is 92.0 Å². The molecular weight excluding hydrogens is 354 g/mol. The fraction of sp³-hybridized carbons (Fsp3) is 0.316. The maximum Gasteiger partial charge on any atom is 0.279 e. The van der Waals surface area contributed by atoms with Crippen molar-refractivity contribution in [3.05, 3.63) is 54.1 Å². The van der Waals surface area contributed by atoms with Gasteiger partial charge >= 0.3 is 0 Å². The lowest BCUT2D eigenvalue weighted by atomic mass is 9.93. The van der Waals surface area contributed by atoms with Gasteiger partial charge in [0.1, 0.15) is 18.0 Å². The SMILES string of the molecule is OCC1CC(O)C(O)C(c2cccc(Oc3nc4ccccc4s3)c2)O1. The first kappa shape index (κ1) is 17.4. The number of rotatable bonds is 4. The van der Waals surface area contributed by atoms with Gasteiger partial charge in [-0.1, -0.05) is 35.6 Å². The fourth-order valence-electron chi connectivity index (χ4n) is 3.10. The largest absolute Gasteiger partial charge is 0.431 e. The van der Waals surface area contributed by atoms with E-state index in [1.165, 1.54) is 11.3 Å². The Hall–Kier alpha value is -2.03. The lowest BCUT2D eigenvalue weighted by Crippen LogP contribution is -2.44. The maximum absolute atomic E-state index is 10.3. The number of hydrogen-bond donors (Lipinski definition) is 3. The third-order valence-corrected chi connectivity index (χ3v) is 5.33. The summed E-state index contributed by atoms with van der Waals surface area (Å²) in [6, 6.07) is 14.9. The molecule has 26 heavy (non-hydrogen) atoms. The molecule has 1 saturated heterocycles. The van der Waals surface area contributed by atoms with Crippen LogP contribution in [0.25, 0.3) is 10.2 Å². The molecule has 2 heterocycles. The molecule has 6 nitrogen and oxygen atoms in total. The number of aliphatic hydroxyl groups is 3. The quantitative estimate of drug-likeness (QED) is 0.651. The number of thiazole rings is 1. The third kappa shape index (κ3) is 3.44. The number of aromatic nitrogens is 1. The van der Waals surface area contributed by atoms with Crippen LogP contribution in [-0.2, 0) is 4.74 Å². The van der Waals surface area contributed by atoms with E-state index >= 15 is 0 Å². The van der Waals surface area contributed by atoms with Crippen LogP contribution in [0.2, 0.25) is 0 Å². The molecule has 136 valence electrons. The predicted molar refractivity (Wildman–Crippen MR) is 97.5 cm³/mol. The van der Waals surface area contributed by atoms with Crippen molar-refractivity contribution in [2.75, 3.05) is 6.61 Å². The van der Waals surface area contributed by atoms with Crippen LogP contribution in [0, 0.1) is 0 Å². The van der Waals surface area contributed by atoms with Crippen molar-refractivity contribution < 1.29 is 24.8 Å². The summed E-state index contributed by atoms with van der Waals surface area (Å²) in [4.78, 5) is 4.45. The van der Waals surface area contributed by atoms with Crippen molar-refractivity contribution >= 4 is 21.6 Å². The smallest absolute Gasteiger partial charge is 0.279 e. The van der Waals surface area contributed by atoms with Crippen molar-refractivity contribution in [1.82, 2.24) is 4.98 Å². The zero-order chi connectivity index (χ0) is 18.1. The van der Waals surface area contributed by atoms with Crippen LogP contribution in [0.5, 0.6) is 10.9 Å². The zero-order valence-corrected chi connectivity index (χ0v) is 14.7. The molecule has 4 rings (SSSR count). The molecule has 0 bridgehead atoms. The van der Waals surface area contributed by atoms with Crippen LogP contribution in [0.4, 0.5) is 0 Å². The molecule has 0 radical (unpaired) electrons. The highest BCUT2D eigenvalue weighted by molar-refractivity contribution is 7.20. The van der Waals surface area contributed by atoms with E-state index in [1.54, 1.807) is 24.3 Å². The van der Waals surface area contributed by atoms with E-state index in [0.717, 1.165) is 10.2 Å². The molecule has 1 aliphatic rings. The van der Waals surface area contributed by atoms with Crippen LogP contribution >= 0.6 is 11.3 Å². The highest BCUT2D eigenvalue weighted by Gasteiger charge is 2.37. The zero-order valence-electron chi connectivity index (χ0n) is 13.9. The summed E-state index contributed by atoms with van der Waals surface area (Å²) in [5.74, 6) is 0.568. The van der Waals surface area contributed by atoms with Gasteiger partial charge in [-0.3, -0.25) is 0 Å². The highest BCUT2D eigenvalue weighted by atomic mass is 32.1. The average Bonchev–Trinajstić information content (AvgIpc) is 3.06. The van der Waals surface area contributed by atoms with Crippen LogP contribution in [0.1, 0.15) is 18.1 Å². The molecule has 0 spiro atoms. The van der Waals surface area contributed by atoms with Gasteiger partial charge in [-0.15, -0.1) is 0 Å². The Morgan fingerprint density at radius 3 is 2.81 bits per heavy atom. The Bertz CT molecular complexity index is 865. The van der Waals surface area contributed by atoms with Crippen LogP contribution < -0.4 is 4.74 Å². The summed E-state index contributed by atoms with van der Waals surface area (Å²) in [5.41, 5.74) is 1.55. The van der Waals surface area contributed by atoms with E-state index in [9.17, 15) is 15.3 Å². The van der Waals surface area contributed by atoms with E-state index < -0.39 is 24.4 Å². The summed E-state index contributed by atoms with van der Waals surface area (Å²) in [5, 5.41) is 30.1. The van der Waals surface area contributed by atoms with Gasteiger partial charge in [0.2, 0.25) is 0 Å². The minimum Gasteiger partial charge on any atom is -0.431 e. The lowest BCUT2D eigenvalue weighted by molar-refractivity contribution is -0.179. The minimum atomic E-state index is -1.06. The third-order valence-electron chi connectivity index (χ3n) is 4.42. The molecule has 0 saturated carbocycles. The number of para-hydroxylation sites is 1. The van der Waals surface area contributed by atoms with E-state index in [0.29, 0.717) is 16.5 Å². The van der Waals surface area contributed by atoms with Gasteiger partial charge < -0.3 is 24.8 Å². The van der Waals surface area contributed by atoms with Gasteiger partial charge in [-0.25, -0.2) is 4.98 Å². The van der Waals surface area contributed by atoms with Gasteiger partial charge in [0.15, 0.2) is 0 Å². The second-order valence-electron chi connectivity index (χ2n) is 6.28. The first-order valence-corrected chi connectivity index (χ1v) is 9.21. The van der Waals surface area contributed by atoms with Crippen molar-refractivity contribution in [1.29, 1.82) is 0 Å². The number of benzene rings is 2. The highest BCUT2D eigenvalue weighted by Crippen LogP contribution is 2.35. The molecule has 0 amide bonds. The standard InChI is InChI=1S/C19H19NO5S/c21-10-13-9-15(22)17(23)18(24-13)11-4-3-5-12(8-11)25-19-20-14-6-1-2-7-16(14)26-19/h1-8,13,15,17-18,21-23H,9-10H2. The van der Waals surface area contributed by atoms with Crippen molar-refractivity contribution in [3.8, 4) is 10.9 Å². The minimum absolute atomic E-state index is 0.204. The van der Waals surface area contributed by atoms with E-state index in [2.05, 4.69) is 4.98 Å². The van der Waals surface area contributed by atoms with Gasteiger partial charge in [0.05, 0.1) is 29.0 Å². The van der Waals surface area contributed by atoms with Crippen molar-refractivity contribution in [3.63, 3.8) is 0 Å². The number of aliphatic hydroxyl groups excluding tert-OH is 3. The predicted octanol–water partition coefficient (Wildman–Crippen LogP) is 2.63. The van der Waals surface area contributed by atoms with E-state index in [1.807, 2.05) is 24.3 Å². The van der Waals surface area contributed by atoms with Crippen molar-refractivity contribution in [2.45, 2.75) is 30.8 Å². The first-order valence-electron chi connectivity index (χ1n) is 8.40. The Balaban J connectivity index is 1.57. The summed E-state index contributed by atoms with van der Waals surface area (Å²) < 4.78 is 12.6. The fourth-order valence-corrected chi connectivity index (χ4v) is 3.93. The summed E-state index contributed by atoms with van der Waals surface area (Å²) >= 11 is 1.45. The van der Waals surface area contributed by atoms with Gasteiger partial charge in [-0.05, 0) is 29.8 Å². The first-order chi connectivity index (χ1) is 12.6. The molecule has 3 aromatic rings. The lowest BCUT2D eigenvalue weighted by Gasteiger charge is -2.36. The Kier molecular flexibility index (Phi) is 4.88. The normalized spacial score (nSPS) is 26.1. The van der Waals surface area contributed by atoms with Crippen LogP contribution in [0.3, 0.4) is 0 Å². The summed E-state index contributed by atoms with van der Waals surface area (Å²) in [7, 11) is 0. The number of ether oxygens (including phenoxy) is 2. The molecule has 1 aliphatic heterocycles. The summed E-state index contributed by atoms with van der Waals surface area (Å²) in [6.07, 6.45) is -3.03. The molecule has 4 unspecified atom stereocenters. The second kappa shape index (κ2) is 7.30. The summed E-state index contributed by atoms with van der Waals surface area (Å²) in [6.45, 7) is -0.206. The molecule has 1 aromatic heterocycles. The molecular formula is C19H19NO5S. The monoisotopic (exact) mass is 373 g/mol. The molecule has 7 heteroatoms. The van der Waals surface area contributed by atoms with Gasteiger partial charge in [0, 0.05) is 6.42 Å².